The van der Waals surface area contributed by atoms with E-state index in [4.69, 9.17) is 9.47 Å². The van der Waals surface area contributed by atoms with E-state index < -0.39 is 18.3 Å². The number of rotatable bonds is 4. The number of ether oxygens (including phenoxy) is 2. The molecule has 0 spiro atoms. The Bertz CT molecular complexity index is 332. The van der Waals surface area contributed by atoms with Gasteiger partial charge in [-0.25, -0.2) is 0 Å². The zero-order valence-electron chi connectivity index (χ0n) is 14.8. The maximum Gasteiger partial charge on any atom is 0.144 e. The van der Waals surface area contributed by atoms with E-state index in [1.165, 1.54) is 0 Å². The Balaban J connectivity index is 3.16. The van der Waals surface area contributed by atoms with Crippen LogP contribution >= 0.6 is 0 Å². The number of nitrogens with zero attached hydrogens (tertiary/aromatic N) is 1. The average Bonchev–Trinajstić information content (AvgIpc) is 2.27. The Morgan fingerprint density at radius 2 is 1.71 bits per heavy atom. The summed E-state index contributed by atoms with van der Waals surface area (Å²) in [5.41, 5.74) is -0.132. The fraction of sp³-hybridized carbons (Fsp3) is 1.00. The normalized spacial score (nSPS) is 35.3. The molecule has 2 N–H and O–H groups in total. The van der Waals surface area contributed by atoms with Gasteiger partial charge in [0.05, 0.1) is 33.9 Å². The van der Waals surface area contributed by atoms with Gasteiger partial charge in [0.15, 0.2) is 0 Å². The Labute approximate surface area is 129 Å². The zero-order chi connectivity index (χ0) is 16.6. The van der Waals surface area contributed by atoms with Gasteiger partial charge in [0, 0.05) is 0 Å². The first-order valence-corrected chi connectivity index (χ1v) is 7.80. The predicted octanol–water partition coefficient (Wildman–Crippen LogP) is 1.02. The van der Waals surface area contributed by atoms with Crippen LogP contribution in [0.5, 0.6) is 0 Å². The monoisotopic (exact) mass is 304 g/mol. The predicted molar refractivity (Wildman–Crippen MR) is 83.0 cm³/mol. The Hall–Kier alpha value is -0.200. The third kappa shape index (κ3) is 4.39. The lowest BCUT2D eigenvalue weighted by atomic mass is 9.77. The molecule has 1 aliphatic heterocycles. The number of aliphatic hydroxyl groups excluding tert-OH is 2. The van der Waals surface area contributed by atoms with Gasteiger partial charge in [0.1, 0.15) is 30.5 Å². The molecule has 0 aromatic heterocycles. The first kappa shape index (κ1) is 18.8. The number of hydrogen-bond acceptors (Lipinski definition) is 4. The topological polar surface area (TPSA) is 58.9 Å². The zero-order valence-corrected chi connectivity index (χ0v) is 14.8. The molecule has 0 aromatic carbocycles. The largest absolute Gasteiger partial charge is 0.394 e. The minimum Gasteiger partial charge on any atom is -0.394 e. The van der Waals surface area contributed by atoms with Gasteiger partial charge in [-0.1, -0.05) is 20.8 Å². The Morgan fingerprint density at radius 3 is 2.05 bits per heavy atom. The van der Waals surface area contributed by atoms with E-state index >= 15 is 0 Å². The van der Waals surface area contributed by atoms with Crippen LogP contribution in [0.3, 0.4) is 0 Å². The second kappa shape index (κ2) is 6.50. The van der Waals surface area contributed by atoms with Crippen molar-refractivity contribution in [2.24, 2.45) is 5.41 Å². The molecule has 1 heterocycles. The molecule has 126 valence electrons. The van der Waals surface area contributed by atoms with E-state index in [1.54, 1.807) is 0 Å². The van der Waals surface area contributed by atoms with Gasteiger partial charge < -0.3 is 24.2 Å². The van der Waals surface area contributed by atoms with E-state index in [1.807, 2.05) is 13.8 Å². The molecule has 0 aliphatic carbocycles. The van der Waals surface area contributed by atoms with E-state index in [-0.39, 0.29) is 30.3 Å². The highest BCUT2D eigenvalue weighted by atomic mass is 16.6. The summed E-state index contributed by atoms with van der Waals surface area (Å²) < 4.78 is 12.6. The molecule has 21 heavy (non-hydrogen) atoms. The highest BCUT2D eigenvalue weighted by Crippen LogP contribution is 2.37. The lowest BCUT2D eigenvalue weighted by molar-refractivity contribution is -0.907. The minimum atomic E-state index is -0.678. The molecule has 5 unspecified atom stereocenters. The standard InChI is InChI=1S/C16H34NO4/c1-10(2)20-14-11(9-18)21-15(16(3,4)5)12(13(14)19)17(6,7)8/h10-15,18-19H,9H2,1-8H3/q+1. The molecule has 1 aliphatic rings. The first-order chi connectivity index (χ1) is 9.39. The highest BCUT2D eigenvalue weighted by Gasteiger charge is 2.55. The summed E-state index contributed by atoms with van der Waals surface area (Å²) in [5.74, 6) is 0. The lowest BCUT2D eigenvalue weighted by Crippen LogP contribution is -2.70. The van der Waals surface area contributed by atoms with Crippen LogP contribution in [0.4, 0.5) is 0 Å². The van der Waals surface area contributed by atoms with Crippen LogP contribution in [0.2, 0.25) is 0 Å². The van der Waals surface area contributed by atoms with E-state index in [0.717, 1.165) is 0 Å². The quantitative estimate of drug-likeness (QED) is 0.762. The third-order valence-electron chi connectivity index (χ3n) is 4.04. The minimum absolute atomic E-state index is 0.0263. The summed E-state index contributed by atoms with van der Waals surface area (Å²) in [4.78, 5) is 0. The van der Waals surface area contributed by atoms with Gasteiger partial charge in [0.25, 0.3) is 0 Å². The smallest absolute Gasteiger partial charge is 0.144 e. The molecule has 5 atom stereocenters. The van der Waals surface area contributed by atoms with Crippen molar-refractivity contribution >= 4 is 0 Å². The molecular formula is C16H34NO4+. The molecule has 0 aromatic rings. The van der Waals surface area contributed by atoms with Crippen molar-refractivity contribution in [1.29, 1.82) is 0 Å². The molecule has 0 saturated carbocycles. The van der Waals surface area contributed by atoms with Crippen LogP contribution in [-0.2, 0) is 9.47 Å². The van der Waals surface area contributed by atoms with Crippen LogP contribution in [-0.4, -0.2) is 79.0 Å². The first-order valence-electron chi connectivity index (χ1n) is 7.80. The van der Waals surface area contributed by atoms with E-state index in [9.17, 15) is 10.2 Å². The molecular weight excluding hydrogens is 270 g/mol. The lowest BCUT2D eigenvalue weighted by Gasteiger charge is -2.52. The second-order valence-corrected chi connectivity index (χ2v) is 8.39. The van der Waals surface area contributed by atoms with Gasteiger partial charge in [-0.3, -0.25) is 0 Å². The van der Waals surface area contributed by atoms with Crippen molar-refractivity contribution < 1.29 is 24.2 Å². The summed E-state index contributed by atoms with van der Waals surface area (Å²) in [6.07, 6.45) is -1.86. The van der Waals surface area contributed by atoms with Crippen LogP contribution < -0.4 is 0 Å². The number of aliphatic hydroxyl groups is 2. The molecule has 1 saturated heterocycles. The SMILES string of the molecule is CC(C)OC1C(CO)OC(C(C)(C)C)C([N+](C)(C)C)C1O. The van der Waals surface area contributed by atoms with Crippen LogP contribution in [0.1, 0.15) is 34.6 Å². The summed E-state index contributed by atoms with van der Waals surface area (Å²) >= 11 is 0. The molecule has 5 nitrogen and oxygen atoms in total. The van der Waals surface area contributed by atoms with Gasteiger partial charge >= 0.3 is 0 Å². The Morgan fingerprint density at radius 1 is 1.19 bits per heavy atom. The molecule has 5 heteroatoms. The van der Waals surface area contributed by atoms with Crippen LogP contribution in [0.15, 0.2) is 0 Å². The summed E-state index contributed by atoms with van der Waals surface area (Å²) in [6, 6.07) is -0.114. The fourth-order valence-corrected chi connectivity index (χ4v) is 3.15. The maximum absolute atomic E-state index is 10.9. The van der Waals surface area contributed by atoms with Crippen molar-refractivity contribution in [2.75, 3.05) is 27.7 Å². The molecule has 1 fully saturated rings. The highest BCUT2D eigenvalue weighted by molar-refractivity contribution is 4.98. The Kier molecular flexibility index (Phi) is 5.84. The number of likely N-dealkylation sites (N-methyl/N-ethyl adjacent to an activating group) is 1. The van der Waals surface area contributed by atoms with Crippen molar-refractivity contribution in [2.45, 2.75) is 71.2 Å². The molecule has 0 amide bonds. The van der Waals surface area contributed by atoms with Crippen molar-refractivity contribution in [3.63, 3.8) is 0 Å². The van der Waals surface area contributed by atoms with Crippen molar-refractivity contribution in [3.05, 3.63) is 0 Å². The van der Waals surface area contributed by atoms with Crippen LogP contribution in [0, 0.1) is 5.41 Å². The third-order valence-corrected chi connectivity index (χ3v) is 4.04. The maximum atomic E-state index is 10.9. The summed E-state index contributed by atoms with van der Waals surface area (Å²) in [7, 11) is 6.17. The summed E-state index contributed by atoms with van der Waals surface area (Å²) in [5, 5.41) is 20.6. The van der Waals surface area contributed by atoms with E-state index in [0.29, 0.717) is 4.48 Å². The second-order valence-electron chi connectivity index (χ2n) is 8.39. The fourth-order valence-electron chi connectivity index (χ4n) is 3.15. The van der Waals surface area contributed by atoms with Gasteiger partial charge in [0.2, 0.25) is 0 Å². The average molecular weight is 304 g/mol. The molecule has 0 radical (unpaired) electrons. The summed E-state index contributed by atoms with van der Waals surface area (Å²) in [6.45, 7) is 10.0. The van der Waals surface area contributed by atoms with Crippen molar-refractivity contribution in [3.8, 4) is 0 Å². The van der Waals surface area contributed by atoms with Gasteiger partial charge in [-0.05, 0) is 19.3 Å². The van der Waals surface area contributed by atoms with Gasteiger partial charge in [-0.15, -0.1) is 0 Å². The molecule has 1 rings (SSSR count). The number of hydrogen-bond donors (Lipinski definition) is 2. The van der Waals surface area contributed by atoms with E-state index in [2.05, 4.69) is 41.9 Å². The molecule has 0 bridgehead atoms. The van der Waals surface area contributed by atoms with Crippen LogP contribution in [0.25, 0.3) is 0 Å². The number of quaternary nitrogens is 1. The van der Waals surface area contributed by atoms with Crippen molar-refractivity contribution in [1.82, 2.24) is 0 Å². The van der Waals surface area contributed by atoms with Gasteiger partial charge in [-0.2, -0.15) is 0 Å².